The van der Waals surface area contributed by atoms with Crippen molar-refractivity contribution in [1.82, 2.24) is 0 Å². The largest absolute Gasteiger partial charge is 0.465 e. The number of anilines is 1. The van der Waals surface area contributed by atoms with Crippen molar-refractivity contribution in [3.05, 3.63) is 59.5 Å². The van der Waals surface area contributed by atoms with Gasteiger partial charge < -0.3 is 19.1 Å². The Hall–Kier alpha value is -3.37. The van der Waals surface area contributed by atoms with Gasteiger partial charge in [0.2, 0.25) is 0 Å². The summed E-state index contributed by atoms with van der Waals surface area (Å²) in [6.45, 7) is -3.36. The van der Waals surface area contributed by atoms with Crippen LogP contribution in [0.25, 0.3) is 0 Å². The normalized spacial score (nSPS) is 14.1. The molecule has 1 heterocycles. The van der Waals surface area contributed by atoms with Gasteiger partial charge in [0.1, 0.15) is 11.4 Å². The molecule has 11 heteroatoms. The van der Waals surface area contributed by atoms with Crippen LogP contribution < -0.4 is 9.64 Å². The number of hydrogen-bond acceptors (Lipinski definition) is 6. The number of ether oxygens (including phenoxy) is 3. The van der Waals surface area contributed by atoms with Crippen molar-refractivity contribution < 1.29 is 45.8 Å². The van der Waals surface area contributed by atoms with Crippen LogP contribution in [0, 0.1) is 0 Å². The molecule has 1 aliphatic heterocycles. The molecule has 0 aliphatic carbocycles. The molecule has 0 amide bonds. The van der Waals surface area contributed by atoms with E-state index in [1.165, 1.54) is 12.2 Å². The Kier molecular flexibility index (Phi) is 6.62. The molecule has 2 rings (SSSR count). The van der Waals surface area contributed by atoms with Crippen LogP contribution in [0.3, 0.4) is 0 Å². The molecule has 0 fully saturated rings. The zero-order valence-corrected chi connectivity index (χ0v) is 15.0. The van der Waals surface area contributed by atoms with Crippen LogP contribution in [-0.4, -0.2) is 32.8 Å². The van der Waals surface area contributed by atoms with Gasteiger partial charge in [-0.3, -0.25) is 0 Å². The van der Waals surface area contributed by atoms with Gasteiger partial charge in [0, 0.05) is 6.20 Å². The van der Waals surface area contributed by atoms with Crippen LogP contribution >= 0.6 is 0 Å². The third kappa shape index (κ3) is 4.92. The fourth-order valence-electron chi connectivity index (χ4n) is 2.43. The van der Waals surface area contributed by atoms with Gasteiger partial charge in [-0.1, -0.05) is 6.08 Å². The van der Waals surface area contributed by atoms with E-state index in [-0.39, 0.29) is 5.57 Å². The Bertz CT molecular complexity index is 889. The van der Waals surface area contributed by atoms with Gasteiger partial charge in [-0.15, -0.1) is 0 Å². The summed E-state index contributed by atoms with van der Waals surface area (Å²) in [4.78, 5) is 25.2. The molecule has 0 bridgehead atoms. The molecule has 1 aliphatic rings. The lowest BCUT2D eigenvalue weighted by Gasteiger charge is -2.26. The van der Waals surface area contributed by atoms with Crippen molar-refractivity contribution in [1.29, 1.82) is 0 Å². The molecule has 0 aromatic heterocycles. The molecule has 29 heavy (non-hydrogen) atoms. The molecular formula is C18H14F5NO5. The maximum atomic E-state index is 13.2. The molecule has 0 unspecified atom stereocenters. The Balaban J connectivity index is 2.79. The molecule has 0 saturated heterocycles. The van der Waals surface area contributed by atoms with Crippen molar-refractivity contribution in [3.8, 4) is 5.75 Å². The van der Waals surface area contributed by atoms with Crippen LogP contribution in [0.4, 0.5) is 27.6 Å². The van der Waals surface area contributed by atoms with E-state index in [2.05, 4.69) is 14.2 Å². The smallest absolute Gasteiger partial charge is 0.416 e. The van der Waals surface area contributed by atoms with E-state index in [0.29, 0.717) is 18.2 Å². The van der Waals surface area contributed by atoms with Gasteiger partial charge in [0.05, 0.1) is 31.0 Å². The number of carbonyl (C=O) groups is 2. The average molecular weight is 419 g/mol. The zero-order valence-electron chi connectivity index (χ0n) is 15.0. The lowest BCUT2D eigenvalue weighted by atomic mass is 10.1. The first-order valence-corrected chi connectivity index (χ1v) is 7.81. The fraction of sp³-hybridized carbons (Fsp3) is 0.222. The van der Waals surface area contributed by atoms with Crippen LogP contribution in [0.2, 0.25) is 0 Å². The van der Waals surface area contributed by atoms with Crippen LogP contribution in [0.5, 0.6) is 5.75 Å². The first kappa shape index (κ1) is 21.9. The Morgan fingerprint density at radius 1 is 1.03 bits per heavy atom. The molecule has 0 N–H and O–H groups in total. The van der Waals surface area contributed by atoms with Crippen molar-refractivity contribution in [2.75, 3.05) is 19.1 Å². The molecule has 0 saturated carbocycles. The second kappa shape index (κ2) is 8.76. The number of nitrogens with zero attached hydrogens (tertiary/aromatic N) is 1. The zero-order chi connectivity index (χ0) is 21.8. The number of carbonyl (C=O) groups excluding carboxylic acids is 2. The maximum Gasteiger partial charge on any atom is 0.416 e. The molecule has 156 valence electrons. The van der Waals surface area contributed by atoms with E-state index in [9.17, 15) is 31.5 Å². The predicted molar refractivity (Wildman–Crippen MR) is 89.9 cm³/mol. The number of allylic oxidation sites excluding steroid dienone is 2. The number of benzene rings is 1. The average Bonchev–Trinajstić information content (AvgIpc) is 2.88. The van der Waals surface area contributed by atoms with Gasteiger partial charge in [-0.25, -0.2) is 9.59 Å². The number of esters is 2. The molecule has 0 spiro atoms. The lowest BCUT2D eigenvalue weighted by molar-refractivity contribution is -0.139. The van der Waals surface area contributed by atoms with Crippen LogP contribution in [-0.2, 0) is 25.2 Å². The monoisotopic (exact) mass is 419 g/mol. The summed E-state index contributed by atoms with van der Waals surface area (Å²) in [5, 5.41) is 0. The molecular weight excluding hydrogens is 405 g/mol. The summed E-state index contributed by atoms with van der Waals surface area (Å²) in [5.41, 5.74) is -2.68. The first-order chi connectivity index (χ1) is 13.6. The second-order valence-corrected chi connectivity index (χ2v) is 5.37. The summed E-state index contributed by atoms with van der Waals surface area (Å²) < 4.78 is 78.6. The predicted octanol–water partition coefficient (Wildman–Crippen LogP) is 3.80. The number of hydrogen-bond donors (Lipinski definition) is 0. The minimum absolute atomic E-state index is 0.371. The Morgan fingerprint density at radius 2 is 1.69 bits per heavy atom. The summed E-state index contributed by atoms with van der Waals surface area (Å²) in [7, 11) is 2.00. The minimum atomic E-state index is -4.81. The quantitative estimate of drug-likeness (QED) is 0.535. The van der Waals surface area contributed by atoms with Gasteiger partial charge in [-0.05, 0) is 30.4 Å². The van der Waals surface area contributed by atoms with E-state index in [0.717, 1.165) is 31.4 Å². The Morgan fingerprint density at radius 3 is 2.24 bits per heavy atom. The summed E-state index contributed by atoms with van der Waals surface area (Å²) in [6, 6.07) is 1.73. The summed E-state index contributed by atoms with van der Waals surface area (Å²) >= 11 is 0. The highest BCUT2D eigenvalue weighted by Crippen LogP contribution is 2.40. The first-order valence-electron chi connectivity index (χ1n) is 7.81. The number of rotatable bonds is 5. The Labute approximate surface area is 161 Å². The second-order valence-electron chi connectivity index (χ2n) is 5.37. The van der Waals surface area contributed by atoms with Crippen LogP contribution in [0.1, 0.15) is 5.56 Å². The highest BCUT2D eigenvalue weighted by molar-refractivity contribution is 6.05. The van der Waals surface area contributed by atoms with Gasteiger partial charge in [0.25, 0.3) is 0 Å². The molecule has 1 aromatic rings. The number of methoxy groups -OCH3 is 2. The number of halogens is 5. The molecule has 0 radical (unpaired) electrons. The van der Waals surface area contributed by atoms with Gasteiger partial charge in [-0.2, -0.15) is 22.0 Å². The standard InChI is InChI=1S/C18H14F5NO5/c1-27-15(25)11-5-3-4-8-24(14(11)16(26)28-2)12-9-10(18(21,22)23)6-7-13(12)29-17(19)20/h3-9,17H,1-2H3. The molecule has 1 aromatic carbocycles. The van der Waals surface area contributed by atoms with E-state index in [1.54, 1.807) is 0 Å². The SMILES string of the molecule is COC(=O)C1=C(C(=O)OC)N(c2cc(C(F)(F)F)ccc2OC(F)F)C=CC=C1. The third-order valence-corrected chi connectivity index (χ3v) is 3.65. The molecule has 6 nitrogen and oxygen atoms in total. The maximum absolute atomic E-state index is 13.2. The van der Waals surface area contributed by atoms with E-state index in [1.807, 2.05) is 0 Å². The third-order valence-electron chi connectivity index (χ3n) is 3.65. The highest BCUT2D eigenvalue weighted by Gasteiger charge is 2.34. The van der Waals surface area contributed by atoms with E-state index >= 15 is 0 Å². The topological polar surface area (TPSA) is 65.1 Å². The highest BCUT2D eigenvalue weighted by atomic mass is 19.4. The van der Waals surface area contributed by atoms with Crippen molar-refractivity contribution in [2.24, 2.45) is 0 Å². The lowest BCUT2D eigenvalue weighted by Crippen LogP contribution is -2.27. The minimum Gasteiger partial charge on any atom is -0.465 e. The van der Waals surface area contributed by atoms with Gasteiger partial charge in [0.15, 0.2) is 0 Å². The van der Waals surface area contributed by atoms with Crippen molar-refractivity contribution >= 4 is 17.6 Å². The number of alkyl halides is 5. The van der Waals surface area contributed by atoms with E-state index < -0.39 is 47.4 Å². The van der Waals surface area contributed by atoms with Crippen molar-refractivity contribution in [3.63, 3.8) is 0 Å². The fourth-order valence-corrected chi connectivity index (χ4v) is 2.43. The van der Waals surface area contributed by atoms with Gasteiger partial charge >= 0.3 is 24.7 Å². The summed E-state index contributed by atoms with van der Waals surface area (Å²) in [5.74, 6) is -2.79. The summed E-state index contributed by atoms with van der Waals surface area (Å²) in [6.07, 6.45) is 0.0103. The van der Waals surface area contributed by atoms with E-state index in [4.69, 9.17) is 0 Å². The van der Waals surface area contributed by atoms with Crippen molar-refractivity contribution in [2.45, 2.75) is 12.8 Å². The molecule has 0 atom stereocenters. The van der Waals surface area contributed by atoms with Crippen LogP contribution in [0.15, 0.2) is 53.9 Å².